The number of piperazine rings is 1. The molecule has 0 unspecified atom stereocenters. The largest absolute Gasteiger partial charge is 0.477 e. The van der Waals surface area contributed by atoms with Gasteiger partial charge in [0, 0.05) is 45.3 Å². The molecule has 6 aliphatic rings. The molecule has 0 aromatic carbocycles. The van der Waals surface area contributed by atoms with Gasteiger partial charge in [0.05, 0.1) is 12.8 Å². The average molecular weight is 557 g/mol. The Balaban J connectivity index is 0.00000160. The highest BCUT2D eigenvalue weighted by Gasteiger charge is 2.48. The van der Waals surface area contributed by atoms with E-state index in [1.807, 2.05) is 4.68 Å². The van der Waals surface area contributed by atoms with Gasteiger partial charge in [0.25, 0.3) is 5.91 Å². The van der Waals surface area contributed by atoms with Crippen LogP contribution in [0.25, 0.3) is 0 Å². The quantitative estimate of drug-likeness (QED) is 0.468. The van der Waals surface area contributed by atoms with Crippen molar-refractivity contribution in [2.45, 2.75) is 83.2 Å². The number of aryl methyl sites for hydroxylation is 1. The Morgan fingerprint density at radius 2 is 1.65 bits per heavy atom. The Kier molecular flexibility index (Phi) is 10.5. The molecule has 2 N–H and O–H groups in total. The molecule has 1 amide bonds. The van der Waals surface area contributed by atoms with Crippen molar-refractivity contribution in [2.75, 3.05) is 39.3 Å². The third-order valence-corrected chi connectivity index (χ3v) is 9.79. The molecule has 0 atom stereocenters. The van der Waals surface area contributed by atoms with E-state index in [2.05, 4.69) is 20.6 Å². The van der Waals surface area contributed by atoms with Crippen molar-refractivity contribution in [3.63, 3.8) is 0 Å². The van der Waals surface area contributed by atoms with Crippen molar-refractivity contribution >= 4 is 30.7 Å². The minimum atomic E-state index is 0. The molecule has 7 rings (SSSR count). The number of rotatable bonds is 9. The number of halogens is 2. The van der Waals surface area contributed by atoms with Crippen molar-refractivity contribution in [1.82, 2.24) is 25.3 Å². The van der Waals surface area contributed by atoms with Gasteiger partial charge < -0.3 is 20.3 Å². The number of ether oxygens (including phenoxy) is 1. The van der Waals surface area contributed by atoms with Crippen molar-refractivity contribution in [3.05, 3.63) is 11.8 Å². The van der Waals surface area contributed by atoms with Gasteiger partial charge in [-0.05, 0) is 81.0 Å². The van der Waals surface area contributed by atoms with Crippen LogP contribution < -0.4 is 15.4 Å². The lowest BCUT2D eigenvalue weighted by atomic mass is 9.54. The normalized spacial score (nSPS) is 31.4. The number of aromatic nitrogens is 2. The van der Waals surface area contributed by atoms with E-state index in [9.17, 15) is 4.79 Å². The molecule has 5 aliphatic carbocycles. The third kappa shape index (κ3) is 6.77. The summed E-state index contributed by atoms with van der Waals surface area (Å²) in [5.74, 6) is 4.53. The third-order valence-electron chi connectivity index (χ3n) is 9.79. The molecule has 1 aromatic heterocycles. The number of carbonyl (C=O) groups excluding carboxylic acids is 1. The maximum atomic E-state index is 13.6. The van der Waals surface area contributed by atoms with Crippen molar-refractivity contribution in [3.8, 4) is 5.88 Å². The summed E-state index contributed by atoms with van der Waals surface area (Å²) in [7, 11) is 0. The number of hydrogen-bond donors (Lipinski definition) is 2. The molecule has 5 saturated carbocycles. The summed E-state index contributed by atoms with van der Waals surface area (Å²) in [4.78, 5) is 16.1. The number of nitrogens with zero attached hydrogens (tertiary/aromatic N) is 3. The van der Waals surface area contributed by atoms with Gasteiger partial charge in [0.15, 0.2) is 0 Å². The van der Waals surface area contributed by atoms with Gasteiger partial charge in [-0.1, -0.05) is 19.3 Å². The second-order valence-corrected chi connectivity index (χ2v) is 12.3. The maximum absolute atomic E-state index is 13.6. The zero-order chi connectivity index (χ0) is 23.6. The fourth-order valence-electron chi connectivity index (χ4n) is 8.16. The first-order chi connectivity index (χ1) is 17.2. The van der Waals surface area contributed by atoms with E-state index in [0.29, 0.717) is 41.8 Å². The van der Waals surface area contributed by atoms with Crippen LogP contribution in [0, 0.1) is 29.6 Å². The van der Waals surface area contributed by atoms with Gasteiger partial charge in [-0.25, -0.2) is 4.68 Å². The fraction of sp³-hybridized carbons (Fsp3) is 0.857. The highest BCUT2D eigenvalue weighted by molar-refractivity contribution is 5.96. The van der Waals surface area contributed by atoms with Crippen LogP contribution in [0.2, 0.25) is 0 Å². The average Bonchev–Trinajstić information content (AvgIpc) is 3.28. The van der Waals surface area contributed by atoms with Crippen molar-refractivity contribution < 1.29 is 9.53 Å². The number of carbonyl (C=O) groups is 1. The molecule has 7 nitrogen and oxygen atoms in total. The minimum Gasteiger partial charge on any atom is -0.477 e. The second kappa shape index (κ2) is 13.4. The Morgan fingerprint density at radius 3 is 2.32 bits per heavy atom. The summed E-state index contributed by atoms with van der Waals surface area (Å²) in [6.07, 6.45) is 15.9. The Bertz CT molecular complexity index is 841. The smallest absolute Gasteiger partial charge is 0.258 e. The van der Waals surface area contributed by atoms with E-state index in [-0.39, 0.29) is 30.7 Å². The minimum absolute atomic E-state index is 0. The van der Waals surface area contributed by atoms with Crippen LogP contribution in [-0.2, 0) is 6.54 Å². The zero-order valence-electron chi connectivity index (χ0n) is 22.2. The van der Waals surface area contributed by atoms with Gasteiger partial charge >= 0.3 is 0 Å². The summed E-state index contributed by atoms with van der Waals surface area (Å²) in [6, 6.07) is 0.345. The van der Waals surface area contributed by atoms with E-state index in [4.69, 9.17) is 4.74 Å². The van der Waals surface area contributed by atoms with Crippen molar-refractivity contribution in [2.24, 2.45) is 29.6 Å². The first kappa shape index (κ1) is 29.0. The number of amides is 1. The van der Waals surface area contributed by atoms with Gasteiger partial charge in [0.1, 0.15) is 5.56 Å². The highest BCUT2D eigenvalue weighted by atomic mass is 35.5. The van der Waals surface area contributed by atoms with E-state index >= 15 is 0 Å². The molecule has 0 spiro atoms. The fourth-order valence-corrected chi connectivity index (χ4v) is 8.16. The summed E-state index contributed by atoms with van der Waals surface area (Å²) in [5.41, 5.74) is 0.650. The SMILES string of the molecule is Cl.Cl.O=C(NC1C2CC3CC(C2)CC1C3)c1cnn(CCCN2CCNCC2)c1OCC1CCCCC1. The monoisotopic (exact) mass is 555 g/mol. The molecule has 1 aliphatic heterocycles. The Hall–Kier alpha value is -1.02. The predicted octanol–water partition coefficient (Wildman–Crippen LogP) is 4.54. The van der Waals surface area contributed by atoms with Crippen LogP contribution in [-0.4, -0.2) is 66.0 Å². The number of nitrogens with one attached hydrogen (secondary N) is 2. The molecule has 2 heterocycles. The number of hydrogen-bond acceptors (Lipinski definition) is 5. The van der Waals surface area contributed by atoms with Crippen LogP contribution >= 0.6 is 24.8 Å². The summed E-state index contributed by atoms with van der Waals surface area (Å²) < 4.78 is 8.40. The molecule has 0 radical (unpaired) electrons. The first-order valence-corrected chi connectivity index (χ1v) is 14.7. The van der Waals surface area contributed by atoms with Gasteiger partial charge in [0.2, 0.25) is 5.88 Å². The summed E-state index contributed by atoms with van der Waals surface area (Å²) in [6.45, 7) is 6.96. The lowest BCUT2D eigenvalue weighted by molar-refractivity contribution is -0.0120. The molecule has 9 heteroatoms. The molecule has 1 aromatic rings. The molecular formula is C28H47Cl2N5O2. The van der Waals surface area contributed by atoms with Crippen molar-refractivity contribution in [1.29, 1.82) is 0 Å². The standard InChI is InChI=1S/C28H45N5O2.2ClH/c34-27(31-26-23-14-21-13-22(16-23)17-24(26)15-21)25-18-30-33(10-4-9-32-11-7-29-8-12-32)28(25)35-19-20-5-2-1-3-6-20;;/h18,20-24,26,29H,1-17,19H2,(H,31,34);2*1H. The molecule has 210 valence electrons. The lowest BCUT2D eigenvalue weighted by Gasteiger charge is -2.54. The van der Waals surface area contributed by atoms with Crippen LogP contribution in [0.5, 0.6) is 5.88 Å². The predicted molar refractivity (Wildman–Crippen MR) is 151 cm³/mol. The van der Waals surface area contributed by atoms with Gasteiger partial charge in [-0.3, -0.25) is 4.79 Å². The summed E-state index contributed by atoms with van der Waals surface area (Å²) >= 11 is 0. The Morgan fingerprint density at radius 1 is 0.973 bits per heavy atom. The molecular weight excluding hydrogens is 509 g/mol. The van der Waals surface area contributed by atoms with E-state index in [1.54, 1.807) is 6.20 Å². The van der Waals surface area contributed by atoms with E-state index in [0.717, 1.165) is 57.5 Å². The van der Waals surface area contributed by atoms with Crippen LogP contribution in [0.4, 0.5) is 0 Å². The topological polar surface area (TPSA) is 71.4 Å². The van der Waals surface area contributed by atoms with Gasteiger partial charge in [-0.2, -0.15) is 5.10 Å². The highest BCUT2D eigenvalue weighted by Crippen LogP contribution is 2.53. The van der Waals surface area contributed by atoms with Gasteiger partial charge in [-0.15, -0.1) is 24.8 Å². The zero-order valence-corrected chi connectivity index (χ0v) is 23.9. The Labute approximate surface area is 235 Å². The van der Waals surface area contributed by atoms with Crippen LogP contribution in [0.1, 0.15) is 81.0 Å². The molecule has 37 heavy (non-hydrogen) atoms. The second-order valence-electron chi connectivity index (χ2n) is 12.3. The molecule has 1 saturated heterocycles. The lowest BCUT2D eigenvalue weighted by Crippen LogP contribution is -2.55. The molecule has 6 fully saturated rings. The first-order valence-electron chi connectivity index (χ1n) is 14.7. The van der Waals surface area contributed by atoms with E-state index in [1.165, 1.54) is 64.2 Å². The van der Waals surface area contributed by atoms with Crippen LogP contribution in [0.3, 0.4) is 0 Å². The van der Waals surface area contributed by atoms with E-state index < -0.39 is 0 Å². The van der Waals surface area contributed by atoms with Crippen LogP contribution in [0.15, 0.2) is 6.20 Å². The maximum Gasteiger partial charge on any atom is 0.258 e. The summed E-state index contributed by atoms with van der Waals surface area (Å²) in [5, 5.41) is 11.6. The molecule has 4 bridgehead atoms.